The van der Waals surface area contributed by atoms with E-state index in [1.165, 1.54) is 0 Å². The standard InChI is InChI=1S/C11H16O7.C6H12O6/c1-2-3-4-7(13)18-10-8(14)6(5-12)17-11(16)9(10)15;7-1-2-3(8)4(9)5(10)6(11)12-2/h1,6,8-12,14-16H,3-5H2;2-11H,1H2/t6?,8-,9?,10+,11+;2?,3-,4+,5?,6+/m11/s1. The number of aliphatic hydroxyl groups excluding tert-OH is 9. The van der Waals surface area contributed by atoms with Gasteiger partial charge in [0.2, 0.25) is 0 Å². The number of rotatable bonds is 5. The molecule has 0 aromatic rings. The molecule has 4 unspecified atom stereocenters. The van der Waals surface area contributed by atoms with Crippen LogP contribution in [0.1, 0.15) is 12.8 Å². The van der Waals surface area contributed by atoms with E-state index >= 15 is 0 Å². The fourth-order valence-corrected chi connectivity index (χ4v) is 2.67. The molecular weight excluding hydrogens is 412 g/mol. The second kappa shape index (κ2) is 12.4. The molecule has 2 fully saturated rings. The van der Waals surface area contributed by atoms with Crippen LogP contribution in [0.2, 0.25) is 0 Å². The lowest BCUT2D eigenvalue weighted by molar-refractivity contribution is -0.289. The second-order valence-corrected chi connectivity index (χ2v) is 6.61. The fraction of sp³-hybridized carbons (Fsp3) is 0.824. The summed E-state index contributed by atoms with van der Waals surface area (Å²) in [6, 6.07) is 0. The van der Waals surface area contributed by atoms with Gasteiger partial charge < -0.3 is 60.2 Å². The Kier molecular flexibility index (Phi) is 11.0. The van der Waals surface area contributed by atoms with E-state index in [9.17, 15) is 20.1 Å². The first-order chi connectivity index (χ1) is 14.1. The molecule has 30 heavy (non-hydrogen) atoms. The minimum atomic E-state index is -1.64. The molecule has 9 N–H and O–H groups in total. The smallest absolute Gasteiger partial charge is 0.307 e. The fourth-order valence-electron chi connectivity index (χ4n) is 2.67. The lowest BCUT2D eigenvalue weighted by atomic mass is 9.99. The molecule has 0 aliphatic carbocycles. The Morgan fingerprint density at radius 3 is 1.80 bits per heavy atom. The number of esters is 1. The molecule has 0 radical (unpaired) electrons. The number of terminal acetylenes is 1. The van der Waals surface area contributed by atoms with Gasteiger partial charge in [0.1, 0.15) is 42.7 Å². The number of ether oxygens (including phenoxy) is 3. The number of hydrogen-bond acceptors (Lipinski definition) is 13. The van der Waals surface area contributed by atoms with Gasteiger partial charge in [-0.3, -0.25) is 4.79 Å². The molecule has 174 valence electrons. The number of carbonyl (C=O) groups excluding carboxylic acids is 1. The van der Waals surface area contributed by atoms with Crippen LogP contribution in [0.5, 0.6) is 0 Å². The normalized spacial score (nSPS) is 41.2. The Balaban J connectivity index is 0.000000325. The maximum atomic E-state index is 11.3. The molecule has 0 bridgehead atoms. The zero-order valence-corrected chi connectivity index (χ0v) is 15.8. The van der Waals surface area contributed by atoms with Crippen molar-refractivity contribution < 1.29 is 65.0 Å². The largest absolute Gasteiger partial charge is 0.456 e. The zero-order chi connectivity index (χ0) is 23.0. The van der Waals surface area contributed by atoms with Crippen LogP contribution in [0.25, 0.3) is 0 Å². The molecule has 0 spiro atoms. The van der Waals surface area contributed by atoms with Gasteiger partial charge in [-0.25, -0.2) is 0 Å². The molecular formula is C17H28O13. The highest BCUT2D eigenvalue weighted by molar-refractivity contribution is 5.70. The van der Waals surface area contributed by atoms with Crippen molar-refractivity contribution in [3.8, 4) is 12.3 Å². The molecule has 0 amide bonds. The SMILES string of the molecule is C#CCCC(=O)O[C@@H]1C(O)[C@@H](O)OC(CO)[C@H]1O.OCC1O[C@H](O)C(O)[C@@H](O)[C@@H]1O. The number of hydrogen-bond donors (Lipinski definition) is 9. The Morgan fingerprint density at radius 2 is 1.30 bits per heavy atom. The van der Waals surface area contributed by atoms with Crippen molar-refractivity contribution in [3.63, 3.8) is 0 Å². The van der Waals surface area contributed by atoms with Crippen LogP contribution in [0, 0.1) is 12.3 Å². The highest BCUT2D eigenvalue weighted by Crippen LogP contribution is 2.23. The summed E-state index contributed by atoms with van der Waals surface area (Å²) in [5.41, 5.74) is 0. The summed E-state index contributed by atoms with van der Waals surface area (Å²) in [6.45, 7) is -1.11. The Hall–Kier alpha value is -1.41. The molecule has 10 atom stereocenters. The van der Waals surface area contributed by atoms with Crippen molar-refractivity contribution in [1.29, 1.82) is 0 Å². The molecule has 2 rings (SSSR count). The van der Waals surface area contributed by atoms with Gasteiger partial charge in [-0.1, -0.05) is 0 Å². The molecule has 2 saturated heterocycles. The summed E-state index contributed by atoms with van der Waals surface area (Å²) in [5.74, 6) is 1.54. The van der Waals surface area contributed by atoms with E-state index in [4.69, 9.17) is 46.5 Å². The van der Waals surface area contributed by atoms with Crippen LogP contribution in [0.4, 0.5) is 0 Å². The lowest BCUT2D eigenvalue weighted by Gasteiger charge is -2.39. The van der Waals surface area contributed by atoms with Gasteiger partial charge in [-0.05, 0) is 0 Å². The molecule has 13 nitrogen and oxygen atoms in total. The van der Waals surface area contributed by atoms with Gasteiger partial charge in [0.05, 0.1) is 19.6 Å². The van der Waals surface area contributed by atoms with Crippen LogP contribution in [-0.2, 0) is 19.0 Å². The average Bonchev–Trinajstić information content (AvgIpc) is 2.73. The van der Waals surface area contributed by atoms with Gasteiger partial charge in [0, 0.05) is 6.42 Å². The van der Waals surface area contributed by atoms with Crippen LogP contribution in [0.15, 0.2) is 0 Å². The average molecular weight is 440 g/mol. The zero-order valence-electron chi connectivity index (χ0n) is 15.8. The van der Waals surface area contributed by atoms with Crippen molar-refractivity contribution in [2.45, 2.75) is 74.3 Å². The quantitative estimate of drug-likeness (QED) is 0.144. The maximum Gasteiger partial charge on any atom is 0.307 e. The third kappa shape index (κ3) is 6.80. The predicted octanol–water partition coefficient (Wildman–Crippen LogP) is -5.48. The second-order valence-electron chi connectivity index (χ2n) is 6.61. The molecule has 2 heterocycles. The van der Waals surface area contributed by atoms with Crippen LogP contribution in [-0.4, -0.2) is 127 Å². The lowest BCUT2D eigenvalue weighted by Crippen LogP contribution is -2.59. The van der Waals surface area contributed by atoms with Gasteiger partial charge in [-0.15, -0.1) is 12.3 Å². The van der Waals surface area contributed by atoms with Crippen molar-refractivity contribution in [1.82, 2.24) is 0 Å². The monoisotopic (exact) mass is 440 g/mol. The van der Waals surface area contributed by atoms with Crippen LogP contribution >= 0.6 is 0 Å². The van der Waals surface area contributed by atoms with E-state index in [1.807, 2.05) is 0 Å². The molecule has 0 aromatic carbocycles. The maximum absolute atomic E-state index is 11.3. The van der Waals surface area contributed by atoms with E-state index in [2.05, 4.69) is 10.7 Å². The first-order valence-corrected chi connectivity index (χ1v) is 9.01. The van der Waals surface area contributed by atoms with Gasteiger partial charge >= 0.3 is 5.97 Å². The van der Waals surface area contributed by atoms with E-state index in [0.717, 1.165) is 0 Å². The van der Waals surface area contributed by atoms with E-state index in [-0.39, 0.29) is 12.8 Å². The molecule has 2 aliphatic rings. The minimum Gasteiger partial charge on any atom is -0.456 e. The summed E-state index contributed by atoms with van der Waals surface area (Å²) in [7, 11) is 0. The summed E-state index contributed by atoms with van der Waals surface area (Å²) in [4.78, 5) is 11.3. The Morgan fingerprint density at radius 1 is 0.800 bits per heavy atom. The van der Waals surface area contributed by atoms with Gasteiger partial charge in [0.25, 0.3) is 0 Å². The Bertz CT molecular complexity index is 562. The van der Waals surface area contributed by atoms with Crippen molar-refractivity contribution in [3.05, 3.63) is 0 Å². The minimum absolute atomic E-state index is 0.0623. The molecule has 0 aromatic heterocycles. The van der Waals surface area contributed by atoms with Crippen LogP contribution in [0.3, 0.4) is 0 Å². The number of aliphatic hydroxyl groups is 9. The molecule has 0 saturated carbocycles. The first kappa shape index (κ1) is 26.6. The summed E-state index contributed by atoms with van der Waals surface area (Å²) in [5, 5.41) is 82.2. The summed E-state index contributed by atoms with van der Waals surface area (Å²) in [6.07, 6.45) is -9.11. The predicted molar refractivity (Wildman–Crippen MR) is 93.9 cm³/mol. The first-order valence-electron chi connectivity index (χ1n) is 9.01. The molecule has 13 heteroatoms. The van der Waals surface area contributed by atoms with E-state index < -0.39 is 80.6 Å². The van der Waals surface area contributed by atoms with Crippen molar-refractivity contribution >= 4 is 5.97 Å². The van der Waals surface area contributed by atoms with E-state index in [1.54, 1.807) is 0 Å². The third-order valence-corrected chi connectivity index (χ3v) is 4.45. The highest BCUT2D eigenvalue weighted by atomic mass is 16.7. The van der Waals surface area contributed by atoms with Gasteiger partial charge in [-0.2, -0.15) is 0 Å². The van der Waals surface area contributed by atoms with Crippen molar-refractivity contribution in [2.75, 3.05) is 13.2 Å². The molecule has 2 aliphatic heterocycles. The van der Waals surface area contributed by atoms with Crippen molar-refractivity contribution in [2.24, 2.45) is 0 Å². The Labute approximate surface area is 171 Å². The summed E-state index contributed by atoms with van der Waals surface area (Å²) >= 11 is 0. The van der Waals surface area contributed by atoms with E-state index in [0.29, 0.717) is 0 Å². The number of carbonyl (C=O) groups is 1. The highest BCUT2D eigenvalue weighted by Gasteiger charge is 2.46. The van der Waals surface area contributed by atoms with Gasteiger partial charge in [0.15, 0.2) is 18.7 Å². The third-order valence-electron chi connectivity index (χ3n) is 4.45. The summed E-state index contributed by atoms with van der Waals surface area (Å²) < 4.78 is 14.1. The topological polar surface area (TPSA) is 227 Å². The van der Waals surface area contributed by atoms with Crippen LogP contribution < -0.4 is 0 Å².